The Labute approximate surface area is 96.0 Å². The Kier molecular flexibility index (Phi) is 3.26. The number of nitrogens with zero attached hydrogens (tertiary/aromatic N) is 2. The molecule has 0 aromatic carbocycles. The van der Waals surface area contributed by atoms with Gasteiger partial charge < -0.3 is 10.6 Å². The van der Waals surface area contributed by atoms with Crippen LogP contribution in [0.4, 0.5) is 5.82 Å². The maximum atomic E-state index is 12.1. The molecule has 0 saturated heterocycles. The van der Waals surface area contributed by atoms with E-state index in [0.29, 0.717) is 11.4 Å². The summed E-state index contributed by atoms with van der Waals surface area (Å²) in [6, 6.07) is 0.120. The van der Waals surface area contributed by atoms with Crippen LogP contribution in [0.3, 0.4) is 0 Å². The van der Waals surface area contributed by atoms with Crippen LogP contribution in [0.25, 0.3) is 0 Å². The smallest absolute Gasteiger partial charge is 0.259 e. The van der Waals surface area contributed by atoms with Crippen LogP contribution in [0.15, 0.2) is 6.20 Å². The fourth-order valence-electron chi connectivity index (χ4n) is 1.41. The van der Waals surface area contributed by atoms with Gasteiger partial charge in [0.15, 0.2) is 0 Å². The normalized spacial score (nSPS) is 13.6. The summed E-state index contributed by atoms with van der Waals surface area (Å²) in [6.07, 6.45) is 1.46. The van der Waals surface area contributed by atoms with Crippen LogP contribution in [-0.2, 0) is 0 Å². The second-order valence-corrected chi connectivity index (χ2v) is 5.16. The molecule has 1 heterocycles. The Bertz CT molecular complexity index is 378. The molecule has 1 atom stereocenters. The van der Waals surface area contributed by atoms with Crippen LogP contribution in [0, 0.1) is 5.41 Å². The SMILES string of the molecule is CC(N(C)C(=O)c1cn[nH]c1N)C(C)(C)C. The summed E-state index contributed by atoms with van der Waals surface area (Å²) in [5.74, 6) is 0.214. The van der Waals surface area contributed by atoms with E-state index in [2.05, 4.69) is 31.0 Å². The van der Waals surface area contributed by atoms with E-state index in [-0.39, 0.29) is 17.4 Å². The van der Waals surface area contributed by atoms with Gasteiger partial charge in [0, 0.05) is 13.1 Å². The minimum absolute atomic E-state index is 0.0307. The summed E-state index contributed by atoms with van der Waals surface area (Å²) in [7, 11) is 1.78. The van der Waals surface area contributed by atoms with Crippen molar-refractivity contribution in [3.05, 3.63) is 11.8 Å². The minimum atomic E-state index is -0.103. The molecule has 0 spiro atoms. The highest BCUT2D eigenvalue weighted by Gasteiger charge is 2.28. The lowest BCUT2D eigenvalue weighted by Gasteiger charge is -2.35. The molecule has 0 fully saturated rings. The van der Waals surface area contributed by atoms with Crippen molar-refractivity contribution >= 4 is 11.7 Å². The largest absolute Gasteiger partial charge is 0.383 e. The standard InChI is InChI=1S/C11H20N4O/c1-7(11(2,3)4)15(5)10(16)8-6-13-14-9(8)12/h6-7H,1-5H3,(H3,12,13,14). The van der Waals surface area contributed by atoms with E-state index in [1.807, 2.05) is 6.92 Å². The Hall–Kier alpha value is -1.52. The monoisotopic (exact) mass is 224 g/mol. The number of anilines is 1. The lowest BCUT2D eigenvalue weighted by atomic mass is 9.87. The van der Waals surface area contributed by atoms with Crippen LogP contribution < -0.4 is 5.73 Å². The second-order valence-electron chi connectivity index (χ2n) is 5.16. The molecule has 0 saturated carbocycles. The molecule has 0 radical (unpaired) electrons. The van der Waals surface area contributed by atoms with Crippen molar-refractivity contribution in [2.24, 2.45) is 5.41 Å². The minimum Gasteiger partial charge on any atom is -0.383 e. The Morgan fingerprint density at radius 2 is 2.12 bits per heavy atom. The van der Waals surface area contributed by atoms with Crippen molar-refractivity contribution in [3.8, 4) is 0 Å². The van der Waals surface area contributed by atoms with Gasteiger partial charge in [0.1, 0.15) is 11.4 Å². The van der Waals surface area contributed by atoms with E-state index in [4.69, 9.17) is 5.73 Å². The molecular formula is C11H20N4O. The third kappa shape index (κ3) is 2.35. The zero-order valence-corrected chi connectivity index (χ0v) is 10.5. The third-order valence-electron chi connectivity index (χ3n) is 3.05. The molecule has 0 aliphatic heterocycles. The number of rotatable bonds is 2. The molecule has 16 heavy (non-hydrogen) atoms. The molecule has 5 nitrogen and oxygen atoms in total. The zero-order valence-electron chi connectivity index (χ0n) is 10.5. The maximum absolute atomic E-state index is 12.1. The molecule has 1 unspecified atom stereocenters. The van der Waals surface area contributed by atoms with E-state index in [1.165, 1.54) is 6.20 Å². The van der Waals surface area contributed by atoms with Crippen molar-refractivity contribution in [2.45, 2.75) is 33.7 Å². The van der Waals surface area contributed by atoms with E-state index < -0.39 is 0 Å². The van der Waals surface area contributed by atoms with Crippen molar-refractivity contribution in [1.29, 1.82) is 0 Å². The van der Waals surface area contributed by atoms with Gasteiger partial charge in [-0.1, -0.05) is 20.8 Å². The Morgan fingerprint density at radius 3 is 2.50 bits per heavy atom. The molecule has 5 heteroatoms. The topological polar surface area (TPSA) is 75.0 Å². The first-order chi connectivity index (χ1) is 7.25. The van der Waals surface area contributed by atoms with Gasteiger partial charge in [-0.05, 0) is 12.3 Å². The summed E-state index contributed by atoms with van der Waals surface area (Å²) in [5.41, 5.74) is 6.08. The van der Waals surface area contributed by atoms with Gasteiger partial charge in [0.25, 0.3) is 5.91 Å². The van der Waals surface area contributed by atoms with Crippen molar-refractivity contribution in [1.82, 2.24) is 15.1 Å². The van der Waals surface area contributed by atoms with Crippen molar-refractivity contribution in [3.63, 3.8) is 0 Å². The van der Waals surface area contributed by atoms with Gasteiger partial charge in [-0.3, -0.25) is 9.89 Å². The van der Waals surface area contributed by atoms with Crippen LogP contribution in [0.1, 0.15) is 38.1 Å². The van der Waals surface area contributed by atoms with Gasteiger partial charge >= 0.3 is 0 Å². The van der Waals surface area contributed by atoms with Crippen LogP contribution in [0.5, 0.6) is 0 Å². The average Bonchev–Trinajstić information content (AvgIpc) is 2.59. The summed E-state index contributed by atoms with van der Waals surface area (Å²) >= 11 is 0. The highest BCUT2D eigenvalue weighted by molar-refractivity contribution is 5.98. The van der Waals surface area contributed by atoms with Crippen LogP contribution >= 0.6 is 0 Å². The first-order valence-corrected chi connectivity index (χ1v) is 5.31. The van der Waals surface area contributed by atoms with Gasteiger partial charge in [-0.25, -0.2) is 0 Å². The number of carbonyl (C=O) groups excluding carboxylic acids is 1. The molecule has 1 aromatic rings. The Morgan fingerprint density at radius 1 is 1.56 bits per heavy atom. The maximum Gasteiger partial charge on any atom is 0.259 e. The summed E-state index contributed by atoms with van der Waals surface area (Å²) < 4.78 is 0. The average molecular weight is 224 g/mol. The van der Waals surface area contributed by atoms with E-state index in [9.17, 15) is 4.79 Å². The number of hydrogen-bond donors (Lipinski definition) is 2. The summed E-state index contributed by atoms with van der Waals surface area (Å²) in [5, 5.41) is 6.31. The summed E-state index contributed by atoms with van der Waals surface area (Å²) in [4.78, 5) is 13.8. The van der Waals surface area contributed by atoms with Crippen molar-refractivity contribution < 1.29 is 4.79 Å². The molecule has 1 aromatic heterocycles. The number of aromatic nitrogens is 2. The van der Waals surface area contributed by atoms with E-state index >= 15 is 0 Å². The van der Waals surface area contributed by atoms with E-state index in [1.54, 1.807) is 11.9 Å². The first-order valence-electron chi connectivity index (χ1n) is 5.31. The predicted molar refractivity (Wildman–Crippen MR) is 64.0 cm³/mol. The molecular weight excluding hydrogens is 204 g/mol. The van der Waals surface area contributed by atoms with Gasteiger partial charge in [0.05, 0.1) is 6.20 Å². The first kappa shape index (κ1) is 12.5. The number of hydrogen-bond acceptors (Lipinski definition) is 3. The highest BCUT2D eigenvalue weighted by atomic mass is 16.2. The zero-order chi connectivity index (χ0) is 12.5. The summed E-state index contributed by atoms with van der Waals surface area (Å²) in [6.45, 7) is 8.31. The van der Waals surface area contributed by atoms with Gasteiger partial charge in [-0.15, -0.1) is 0 Å². The number of nitrogens with two attached hydrogens (primary N) is 1. The number of nitrogen functional groups attached to an aromatic ring is 1. The second kappa shape index (κ2) is 4.15. The molecule has 0 bridgehead atoms. The fraction of sp³-hybridized carbons (Fsp3) is 0.636. The molecule has 0 aliphatic rings. The van der Waals surface area contributed by atoms with Crippen LogP contribution in [0.2, 0.25) is 0 Å². The Balaban J connectivity index is 2.88. The van der Waals surface area contributed by atoms with Crippen LogP contribution in [-0.4, -0.2) is 34.1 Å². The van der Waals surface area contributed by atoms with E-state index in [0.717, 1.165) is 0 Å². The molecule has 90 valence electrons. The number of aromatic amines is 1. The lowest BCUT2D eigenvalue weighted by Crippen LogP contribution is -2.43. The highest BCUT2D eigenvalue weighted by Crippen LogP contribution is 2.24. The third-order valence-corrected chi connectivity index (χ3v) is 3.05. The van der Waals surface area contributed by atoms with Crippen molar-refractivity contribution in [2.75, 3.05) is 12.8 Å². The van der Waals surface area contributed by atoms with Gasteiger partial charge in [0.2, 0.25) is 0 Å². The predicted octanol–water partition coefficient (Wildman–Crippen LogP) is 1.50. The quantitative estimate of drug-likeness (QED) is 0.799. The fourth-order valence-corrected chi connectivity index (χ4v) is 1.41. The molecule has 0 aliphatic carbocycles. The molecule has 1 rings (SSSR count). The number of carbonyl (C=O) groups is 1. The number of amides is 1. The number of H-pyrrole nitrogens is 1. The van der Waals surface area contributed by atoms with Gasteiger partial charge in [-0.2, -0.15) is 5.10 Å². The number of nitrogens with one attached hydrogen (secondary N) is 1. The molecule has 3 N–H and O–H groups in total. The molecule has 1 amide bonds. The lowest BCUT2D eigenvalue weighted by molar-refractivity contribution is 0.0630.